The first-order chi connectivity index (χ1) is 10.1. The Balaban J connectivity index is 1.94. The van der Waals surface area contributed by atoms with Gasteiger partial charge in [-0.05, 0) is 40.5 Å². The van der Waals surface area contributed by atoms with Crippen LogP contribution in [0.5, 0.6) is 5.75 Å². The maximum Gasteiger partial charge on any atom is 0.134 e. The third-order valence-corrected chi connectivity index (χ3v) is 3.74. The first-order valence-electron chi connectivity index (χ1n) is 7.24. The minimum Gasteiger partial charge on any atom is -0.488 e. The third-order valence-electron chi connectivity index (χ3n) is 3.12. The number of hydrogen-bond acceptors (Lipinski definition) is 3. The fourth-order valence-electron chi connectivity index (χ4n) is 1.91. The summed E-state index contributed by atoms with van der Waals surface area (Å²) in [5.41, 5.74) is 2.32. The molecular weight excluding hydrogens is 330 g/mol. The van der Waals surface area contributed by atoms with Crippen LogP contribution in [0.3, 0.4) is 0 Å². The molecule has 0 aliphatic heterocycles. The van der Waals surface area contributed by atoms with Gasteiger partial charge >= 0.3 is 0 Å². The Morgan fingerprint density at radius 1 is 1.33 bits per heavy atom. The summed E-state index contributed by atoms with van der Waals surface area (Å²) >= 11 is 3.57. The van der Waals surface area contributed by atoms with Crippen molar-refractivity contribution in [2.75, 3.05) is 0 Å². The largest absolute Gasteiger partial charge is 0.488 e. The second kappa shape index (κ2) is 7.61. The molecule has 1 aromatic carbocycles. The predicted molar refractivity (Wildman–Crippen MR) is 88.4 cm³/mol. The molecule has 0 amide bonds. The second-order valence-corrected chi connectivity index (χ2v) is 6.15. The van der Waals surface area contributed by atoms with Gasteiger partial charge in [-0.1, -0.05) is 19.9 Å². The first-order valence-corrected chi connectivity index (χ1v) is 8.03. The molecule has 1 heterocycles. The van der Waals surface area contributed by atoms with E-state index >= 15 is 0 Å². The lowest BCUT2D eigenvalue weighted by molar-refractivity contribution is 0.304. The predicted octanol–water partition coefficient (Wildman–Crippen LogP) is 3.74. The van der Waals surface area contributed by atoms with Crippen LogP contribution in [0.1, 0.15) is 31.9 Å². The van der Waals surface area contributed by atoms with Gasteiger partial charge in [0.15, 0.2) is 0 Å². The highest BCUT2D eigenvalue weighted by molar-refractivity contribution is 9.10. The maximum atomic E-state index is 5.84. The number of rotatable bonds is 7. The van der Waals surface area contributed by atoms with Gasteiger partial charge in [0.1, 0.15) is 12.4 Å². The van der Waals surface area contributed by atoms with Crippen molar-refractivity contribution in [2.45, 2.75) is 46.5 Å². The number of halogens is 1. The highest BCUT2D eigenvalue weighted by Crippen LogP contribution is 2.26. The van der Waals surface area contributed by atoms with Gasteiger partial charge < -0.3 is 10.1 Å². The fraction of sp³-hybridized carbons (Fsp3) is 0.438. The molecule has 0 saturated heterocycles. The van der Waals surface area contributed by atoms with Crippen LogP contribution in [0, 0.1) is 0 Å². The summed E-state index contributed by atoms with van der Waals surface area (Å²) in [7, 11) is 0. The molecule has 114 valence electrons. The average Bonchev–Trinajstić information content (AvgIpc) is 2.92. The summed E-state index contributed by atoms with van der Waals surface area (Å²) in [6.07, 6.45) is 3.85. The van der Waals surface area contributed by atoms with Gasteiger partial charge in [0.2, 0.25) is 0 Å². The summed E-state index contributed by atoms with van der Waals surface area (Å²) in [6.45, 7) is 8.62. The van der Waals surface area contributed by atoms with Gasteiger partial charge in [-0.25, -0.2) is 0 Å². The Morgan fingerprint density at radius 2 is 2.14 bits per heavy atom. The monoisotopic (exact) mass is 351 g/mol. The molecular formula is C16H22BrN3O. The number of aromatic nitrogens is 2. The van der Waals surface area contributed by atoms with E-state index in [2.05, 4.69) is 59.2 Å². The van der Waals surface area contributed by atoms with E-state index in [-0.39, 0.29) is 0 Å². The lowest BCUT2D eigenvalue weighted by atomic mass is 10.2. The van der Waals surface area contributed by atoms with Crippen LogP contribution < -0.4 is 10.1 Å². The molecule has 0 radical (unpaired) electrons. The Morgan fingerprint density at radius 3 is 2.76 bits per heavy atom. The molecule has 1 aromatic heterocycles. The van der Waals surface area contributed by atoms with E-state index in [1.165, 1.54) is 5.56 Å². The van der Waals surface area contributed by atoms with Gasteiger partial charge in [-0.15, -0.1) is 0 Å². The van der Waals surface area contributed by atoms with Crippen LogP contribution >= 0.6 is 15.9 Å². The summed E-state index contributed by atoms with van der Waals surface area (Å²) in [6, 6.07) is 6.67. The van der Waals surface area contributed by atoms with Crippen molar-refractivity contribution in [3.05, 3.63) is 46.2 Å². The molecule has 0 aliphatic carbocycles. The summed E-state index contributed by atoms with van der Waals surface area (Å²) in [5, 5.41) is 7.64. The number of hydrogen-bond donors (Lipinski definition) is 1. The number of aryl methyl sites for hydroxylation is 1. The Bertz CT molecular complexity index is 581. The molecule has 0 spiro atoms. The summed E-state index contributed by atoms with van der Waals surface area (Å²) < 4.78 is 8.72. The normalized spacial score (nSPS) is 11.1. The topological polar surface area (TPSA) is 39.1 Å². The molecule has 0 bridgehead atoms. The van der Waals surface area contributed by atoms with Gasteiger partial charge in [0, 0.05) is 30.9 Å². The number of nitrogens with one attached hydrogen (secondary N) is 1. The Labute approximate surface area is 134 Å². The highest BCUT2D eigenvalue weighted by atomic mass is 79.9. The number of nitrogens with zero attached hydrogens (tertiary/aromatic N) is 2. The quantitative estimate of drug-likeness (QED) is 0.825. The first kappa shape index (κ1) is 16.0. The van der Waals surface area contributed by atoms with Crippen LogP contribution in [0.15, 0.2) is 35.1 Å². The molecule has 2 rings (SSSR count). The van der Waals surface area contributed by atoms with E-state index in [4.69, 9.17) is 4.74 Å². The molecule has 2 aromatic rings. The average molecular weight is 352 g/mol. The smallest absolute Gasteiger partial charge is 0.134 e. The van der Waals surface area contributed by atoms with Gasteiger partial charge in [0.25, 0.3) is 0 Å². The molecule has 0 saturated carbocycles. The lowest BCUT2D eigenvalue weighted by Crippen LogP contribution is -2.21. The molecule has 5 heteroatoms. The van der Waals surface area contributed by atoms with Crippen molar-refractivity contribution < 1.29 is 4.74 Å². The van der Waals surface area contributed by atoms with E-state index in [9.17, 15) is 0 Å². The highest BCUT2D eigenvalue weighted by Gasteiger charge is 2.05. The van der Waals surface area contributed by atoms with E-state index in [1.807, 2.05) is 23.1 Å². The molecule has 0 unspecified atom stereocenters. The van der Waals surface area contributed by atoms with Crippen molar-refractivity contribution in [1.29, 1.82) is 0 Å². The molecule has 1 N–H and O–H groups in total. The molecule has 21 heavy (non-hydrogen) atoms. The summed E-state index contributed by atoms with van der Waals surface area (Å²) in [4.78, 5) is 0. The Kier molecular flexibility index (Phi) is 5.82. The molecule has 0 atom stereocenters. The zero-order chi connectivity index (χ0) is 15.2. The standard InChI is InChI=1S/C16H22BrN3O/c1-4-20-10-14(9-19-20)11-21-16-6-5-13(7-15(16)17)8-18-12(2)3/h5-7,9-10,12,18H,4,8,11H2,1-3H3. The van der Waals surface area contributed by atoms with Gasteiger partial charge in [-0.2, -0.15) is 5.10 Å². The van der Waals surface area contributed by atoms with Crippen molar-refractivity contribution in [1.82, 2.24) is 15.1 Å². The van der Waals surface area contributed by atoms with Crippen molar-refractivity contribution >= 4 is 15.9 Å². The van der Waals surface area contributed by atoms with Crippen molar-refractivity contribution in [3.63, 3.8) is 0 Å². The second-order valence-electron chi connectivity index (χ2n) is 5.29. The van der Waals surface area contributed by atoms with Crippen LogP contribution in [-0.2, 0) is 19.7 Å². The van der Waals surface area contributed by atoms with Crippen LogP contribution in [0.25, 0.3) is 0 Å². The molecule has 0 fully saturated rings. The van der Waals surface area contributed by atoms with Crippen LogP contribution in [-0.4, -0.2) is 15.8 Å². The minimum absolute atomic E-state index is 0.481. The van der Waals surface area contributed by atoms with E-state index < -0.39 is 0 Å². The van der Waals surface area contributed by atoms with Gasteiger partial charge in [-0.3, -0.25) is 4.68 Å². The van der Waals surface area contributed by atoms with Crippen molar-refractivity contribution in [2.24, 2.45) is 0 Å². The van der Waals surface area contributed by atoms with E-state index in [0.29, 0.717) is 12.6 Å². The molecule has 4 nitrogen and oxygen atoms in total. The maximum absolute atomic E-state index is 5.84. The van der Waals surface area contributed by atoms with Crippen LogP contribution in [0.2, 0.25) is 0 Å². The summed E-state index contributed by atoms with van der Waals surface area (Å²) in [5.74, 6) is 0.854. The van der Waals surface area contributed by atoms with E-state index in [0.717, 1.165) is 28.9 Å². The lowest BCUT2D eigenvalue weighted by Gasteiger charge is -2.11. The SMILES string of the molecule is CCn1cc(COc2ccc(CNC(C)C)cc2Br)cn1. The fourth-order valence-corrected chi connectivity index (χ4v) is 2.45. The molecule has 0 aliphatic rings. The number of benzene rings is 1. The van der Waals surface area contributed by atoms with E-state index in [1.54, 1.807) is 0 Å². The zero-order valence-corrected chi connectivity index (χ0v) is 14.4. The van der Waals surface area contributed by atoms with Gasteiger partial charge in [0.05, 0.1) is 10.7 Å². The minimum atomic E-state index is 0.481. The number of ether oxygens (including phenoxy) is 1. The van der Waals surface area contributed by atoms with Crippen molar-refractivity contribution in [3.8, 4) is 5.75 Å². The Hall–Kier alpha value is -1.33. The zero-order valence-electron chi connectivity index (χ0n) is 12.8. The third kappa shape index (κ3) is 4.86. The van der Waals surface area contributed by atoms with Crippen LogP contribution in [0.4, 0.5) is 0 Å².